The molecule has 2 saturated heterocycles. The zero-order valence-corrected chi connectivity index (χ0v) is 27.2. The summed E-state index contributed by atoms with van der Waals surface area (Å²) in [6.45, 7) is 1.42. The topological polar surface area (TPSA) is 260 Å². The highest BCUT2D eigenvalue weighted by molar-refractivity contribution is 7.47. The molecule has 0 radical (unpaired) electrons. The molecule has 47 heavy (non-hydrogen) atoms. The molecule has 4 heterocycles. The zero-order valence-electron chi connectivity index (χ0n) is 25.4. The van der Waals surface area contributed by atoms with Crippen molar-refractivity contribution in [2.24, 2.45) is 0 Å². The fourth-order valence-corrected chi connectivity index (χ4v) is 6.58. The van der Waals surface area contributed by atoms with Crippen LogP contribution in [0.5, 0.6) is 0 Å². The minimum Gasteiger partial charge on any atom is -0.390 e. The Morgan fingerprint density at radius 1 is 0.872 bits per heavy atom. The van der Waals surface area contributed by atoms with Gasteiger partial charge in [0.1, 0.15) is 30.8 Å². The average Bonchev–Trinajstić information content (AvgIpc) is 3.56. The quantitative estimate of drug-likeness (QED) is 0.0933. The normalized spacial score (nSPS) is 26.9. The van der Waals surface area contributed by atoms with Crippen molar-refractivity contribution in [3.63, 3.8) is 0 Å². The van der Waals surface area contributed by atoms with Crippen LogP contribution in [0.15, 0.2) is 31.6 Å². The van der Waals surface area contributed by atoms with E-state index in [1.54, 1.807) is 0 Å². The van der Waals surface area contributed by atoms with Gasteiger partial charge in [-0.25, -0.2) is 18.7 Å². The number of aliphatic hydroxyl groups is 1. The van der Waals surface area contributed by atoms with E-state index in [9.17, 15) is 43.2 Å². The number of hydrogen-bond acceptors (Lipinski definition) is 13. The number of aromatic nitrogens is 4. The molecule has 8 atom stereocenters. The number of aryl methyl sites for hydroxylation is 2. The minimum absolute atomic E-state index is 0.103. The second-order valence-electron chi connectivity index (χ2n) is 10.9. The van der Waals surface area contributed by atoms with Crippen molar-refractivity contribution in [2.75, 3.05) is 19.8 Å². The molecule has 2 aromatic heterocycles. The summed E-state index contributed by atoms with van der Waals surface area (Å²) in [5.41, 5.74) is -2.47. The molecule has 2 fully saturated rings. The first-order chi connectivity index (χ1) is 22.1. The van der Waals surface area contributed by atoms with Crippen LogP contribution in [0.1, 0.15) is 55.7 Å². The highest BCUT2D eigenvalue weighted by Crippen LogP contribution is 2.50. The molecule has 2 aromatic rings. The van der Waals surface area contributed by atoms with Crippen LogP contribution in [0.4, 0.5) is 0 Å². The Morgan fingerprint density at radius 2 is 1.40 bits per heavy atom. The highest BCUT2D eigenvalue weighted by Gasteiger charge is 2.44. The van der Waals surface area contributed by atoms with Gasteiger partial charge in [-0.2, -0.15) is 0 Å². The van der Waals surface area contributed by atoms with E-state index >= 15 is 0 Å². The molecule has 2 aliphatic heterocycles. The molecular weight excluding hydrogens is 670 g/mol. The molecule has 0 aliphatic carbocycles. The van der Waals surface area contributed by atoms with Crippen molar-refractivity contribution in [3.05, 3.63) is 65.2 Å². The molecule has 0 bridgehead atoms. The molecular formula is C26H36N4O15P2. The Labute approximate surface area is 266 Å². The van der Waals surface area contributed by atoms with E-state index in [-0.39, 0.29) is 30.6 Å². The summed E-state index contributed by atoms with van der Waals surface area (Å²) in [7, 11) is -9.60. The molecule has 5 N–H and O–H groups in total. The Kier molecular flexibility index (Phi) is 12.1. The van der Waals surface area contributed by atoms with Crippen molar-refractivity contribution in [1.82, 2.24) is 19.1 Å². The summed E-state index contributed by atoms with van der Waals surface area (Å²) in [6.07, 6.45) is 1.37. The van der Waals surface area contributed by atoms with Gasteiger partial charge < -0.3 is 24.4 Å². The van der Waals surface area contributed by atoms with Crippen molar-refractivity contribution in [3.8, 4) is 12.3 Å². The van der Waals surface area contributed by atoms with Crippen LogP contribution >= 0.6 is 15.6 Å². The lowest BCUT2D eigenvalue weighted by Crippen LogP contribution is -2.33. The lowest BCUT2D eigenvalue weighted by atomic mass is 10.2. The van der Waals surface area contributed by atoms with Crippen LogP contribution < -0.4 is 22.5 Å². The maximum Gasteiger partial charge on any atom is 0.472 e. The van der Waals surface area contributed by atoms with E-state index in [2.05, 4.69) is 15.9 Å². The average molecular weight is 707 g/mol. The summed E-state index contributed by atoms with van der Waals surface area (Å²) >= 11 is 0. The van der Waals surface area contributed by atoms with Gasteiger partial charge in [-0.3, -0.25) is 46.8 Å². The van der Waals surface area contributed by atoms with Gasteiger partial charge in [0.25, 0.3) is 11.1 Å². The lowest BCUT2D eigenvalue weighted by Gasteiger charge is -2.23. The molecule has 4 rings (SSSR count). The number of nitrogens with zero attached hydrogens (tertiary/aromatic N) is 2. The number of rotatable bonds is 15. The number of phosphoric acid groups is 2. The van der Waals surface area contributed by atoms with Crippen molar-refractivity contribution < 1.29 is 51.6 Å². The van der Waals surface area contributed by atoms with Gasteiger partial charge in [-0.15, -0.1) is 12.3 Å². The summed E-state index contributed by atoms with van der Waals surface area (Å²) < 4.78 is 59.4. The number of aromatic amines is 2. The number of nitrogens with one attached hydrogen (secondary N) is 2. The van der Waals surface area contributed by atoms with Crippen LogP contribution in [0.25, 0.3) is 0 Å². The van der Waals surface area contributed by atoms with Gasteiger partial charge in [0.15, 0.2) is 0 Å². The van der Waals surface area contributed by atoms with Crippen LogP contribution in [-0.4, -0.2) is 78.2 Å². The van der Waals surface area contributed by atoms with Crippen LogP contribution in [-0.2, 0) is 36.7 Å². The van der Waals surface area contributed by atoms with Crippen LogP contribution in [0.2, 0.25) is 0 Å². The zero-order chi connectivity index (χ0) is 34.5. The third-order valence-electron chi connectivity index (χ3n) is 7.34. The molecule has 260 valence electrons. The number of aliphatic hydroxyl groups excluding tert-OH is 1. The molecule has 0 saturated carbocycles. The van der Waals surface area contributed by atoms with Gasteiger partial charge in [-0.05, 0) is 26.7 Å². The number of hydrogen-bond donors (Lipinski definition) is 5. The molecule has 21 heteroatoms. The smallest absolute Gasteiger partial charge is 0.390 e. The van der Waals surface area contributed by atoms with Crippen molar-refractivity contribution >= 4 is 15.6 Å². The Bertz CT molecular complexity index is 1800. The second kappa shape index (κ2) is 15.5. The molecule has 0 amide bonds. The van der Waals surface area contributed by atoms with E-state index in [1.165, 1.54) is 26.2 Å². The van der Waals surface area contributed by atoms with Gasteiger partial charge in [0.05, 0.1) is 25.9 Å². The van der Waals surface area contributed by atoms with Crippen LogP contribution in [0, 0.1) is 26.2 Å². The molecule has 0 spiro atoms. The highest BCUT2D eigenvalue weighted by atomic mass is 31.2. The monoisotopic (exact) mass is 706 g/mol. The van der Waals surface area contributed by atoms with Crippen LogP contribution in [0.3, 0.4) is 0 Å². The van der Waals surface area contributed by atoms with Gasteiger partial charge in [-0.1, -0.05) is 0 Å². The lowest BCUT2D eigenvalue weighted by molar-refractivity contribution is -0.0576. The van der Waals surface area contributed by atoms with Gasteiger partial charge in [0, 0.05) is 42.8 Å². The third-order valence-corrected chi connectivity index (χ3v) is 9.34. The molecule has 0 aromatic carbocycles. The molecule has 4 unspecified atom stereocenters. The number of ether oxygens (including phenoxy) is 2. The Balaban J connectivity index is 1.43. The fourth-order valence-electron chi connectivity index (χ4n) is 4.85. The first-order valence-electron chi connectivity index (χ1n) is 14.4. The number of H-pyrrole nitrogens is 2. The van der Waals surface area contributed by atoms with E-state index in [1.807, 2.05) is 0 Å². The Morgan fingerprint density at radius 3 is 2.00 bits per heavy atom. The van der Waals surface area contributed by atoms with E-state index in [0.717, 1.165) is 9.13 Å². The van der Waals surface area contributed by atoms with Gasteiger partial charge >= 0.3 is 27.0 Å². The van der Waals surface area contributed by atoms with Crippen molar-refractivity contribution in [1.29, 1.82) is 0 Å². The first-order valence-corrected chi connectivity index (χ1v) is 17.4. The third kappa shape index (κ3) is 9.78. The first kappa shape index (κ1) is 36.8. The van der Waals surface area contributed by atoms with Crippen molar-refractivity contribution in [2.45, 2.75) is 82.8 Å². The van der Waals surface area contributed by atoms with E-state index < -0.39 is 88.2 Å². The summed E-state index contributed by atoms with van der Waals surface area (Å²) in [5, 5.41) is 10.5. The number of terminal acetylenes is 1. The summed E-state index contributed by atoms with van der Waals surface area (Å²) in [5.74, 6) is 2.43. The Hall–Kier alpha value is -2.98. The minimum atomic E-state index is -4.98. The maximum atomic E-state index is 13.0. The predicted octanol–water partition coefficient (Wildman–Crippen LogP) is 0.0788. The summed E-state index contributed by atoms with van der Waals surface area (Å²) in [6, 6.07) is 0. The SMILES string of the molecule is C#CCCCCOP(=O)(O)OC[C@H]1O[C@@H](n2cc(C)c(=O)[nH]c2=O)CC1OP(=O)(O)OC[C@H]1O[C@@H](n2cc(C)c(=O)[nH]c2=O)CC1O. The predicted molar refractivity (Wildman–Crippen MR) is 160 cm³/mol. The largest absolute Gasteiger partial charge is 0.472 e. The van der Waals surface area contributed by atoms with Gasteiger partial charge in [0.2, 0.25) is 0 Å². The summed E-state index contributed by atoms with van der Waals surface area (Å²) in [4.78, 5) is 73.1. The number of unbranched alkanes of at least 4 members (excludes halogenated alkanes) is 2. The van der Waals surface area contributed by atoms with E-state index in [4.69, 9.17) is 34.0 Å². The van der Waals surface area contributed by atoms with E-state index in [0.29, 0.717) is 19.3 Å². The second-order valence-corrected chi connectivity index (χ2v) is 13.8. The molecule has 19 nitrogen and oxygen atoms in total. The fraction of sp³-hybridized carbons (Fsp3) is 0.615. The molecule has 2 aliphatic rings. The standard InChI is InChI=1S/C26H36N4O15P2/c1-4-5-6-7-8-40-46(36,37)41-14-20-18(10-22(44-20)30-12-16(3)24(33)28-26(30)35)45-47(38,39)42-13-19-17(31)9-21(43-19)29-11-15(2)23(32)27-25(29)34/h1,11-12,17-22,31H,5-10,13-14H2,2-3H3,(H,36,37)(H,38,39)(H,27,32,34)(H,28,33,35)/t17?,18?,19-,20-,21-,22-/m1/s1. The number of phosphoric ester groups is 2. The maximum absolute atomic E-state index is 13.0.